The maximum atomic E-state index is 13.9. The quantitative estimate of drug-likeness (QED) is 0.583. The van der Waals surface area contributed by atoms with Gasteiger partial charge in [-0.3, -0.25) is 14.8 Å². The van der Waals surface area contributed by atoms with Crippen LogP contribution >= 0.6 is 11.6 Å². The Labute approximate surface area is 189 Å². The summed E-state index contributed by atoms with van der Waals surface area (Å²) in [6.45, 7) is 3.10. The van der Waals surface area contributed by atoms with Gasteiger partial charge in [-0.25, -0.2) is 9.97 Å². The largest absolute Gasteiger partial charge is 0.363 e. The van der Waals surface area contributed by atoms with E-state index in [9.17, 15) is 4.79 Å². The molecule has 2 N–H and O–H groups in total. The van der Waals surface area contributed by atoms with Crippen molar-refractivity contribution >= 4 is 29.1 Å². The van der Waals surface area contributed by atoms with E-state index in [4.69, 9.17) is 21.1 Å². The fraction of sp³-hybridized carbons (Fsp3) is 0.476. The molecule has 0 bridgehead atoms. The van der Waals surface area contributed by atoms with Crippen LogP contribution in [0.15, 0.2) is 29.4 Å². The highest BCUT2D eigenvalue weighted by Gasteiger charge is 2.53. The van der Waals surface area contributed by atoms with Gasteiger partial charge in [-0.05, 0) is 25.2 Å². The maximum Gasteiger partial charge on any atom is 0.241 e. The van der Waals surface area contributed by atoms with E-state index in [-0.39, 0.29) is 5.91 Å². The minimum Gasteiger partial charge on any atom is -0.363 e. The van der Waals surface area contributed by atoms with E-state index in [1.165, 1.54) is 19.1 Å². The number of hydrogen-bond acceptors (Lipinski definition) is 8. The number of nitrogens with zero attached hydrogens (tertiary/aromatic N) is 6. The van der Waals surface area contributed by atoms with E-state index in [0.29, 0.717) is 48.6 Å². The van der Waals surface area contributed by atoms with E-state index >= 15 is 0 Å². The van der Waals surface area contributed by atoms with Gasteiger partial charge in [0, 0.05) is 44.1 Å². The summed E-state index contributed by atoms with van der Waals surface area (Å²) in [5, 5.41) is 14.8. The Morgan fingerprint density at radius 2 is 2.25 bits per heavy atom. The SMILES string of the molecule is O=C1N(c2cnoc2)Cc2cnc(NCC3CC3)nc2C12CCN(Cc1n[nH]cc1Cl)C2. The number of likely N-dealkylation sites (tertiary alicyclic amines) is 1. The monoisotopic (exact) mass is 454 g/mol. The minimum absolute atomic E-state index is 0.00988. The number of carbonyl (C=O) groups is 1. The maximum absolute atomic E-state index is 13.9. The first kappa shape index (κ1) is 19.7. The minimum atomic E-state index is -0.771. The van der Waals surface area contributed by atoms with Gasteiger partial charge in [0.1, 0.15) is 17.4 Å². The topological polar surface area (TPSA) is 116 Å². The zero-order chi connectivity index (χ0) is 21.7. The summed E-state index contributed by atoms with van der Waals surface area (Å²) in [5.41, 5.74) is 2.41. The van der Waals surface area contributed by atoms with Crippen molar-refractivity contribution in [1.82, 2.24) is 30.2 Å². The first-order valence-corrected chi connectivity index (χ1v) is 11.2. The number of fused-ring (bicyclic) bond motifs is 2. The van der Waals surface area contributed by atoms with Gasteiger partial charge in [0.2, 0.25) is 11.9 Å². The predicted molar refractivity (Wildman–Crippen MR) is 116 cm³/mol. The van der Waals surface area contributed by atoms with Crippen molar-refractivity contribution in [2.24, 2.45) is 5.92 Å². The second kappa shape index (κ2) is 7.56. The fourth-order valence-corrected chi connectivity index (χ4v) is 4.89. The lowest BCUT2D eigenvalue weighted by molar-refractivity contribution is -0.124. The summed E-state index contributed by atoms with van der Waals surface area (Å²) in [6, 6.07) is 0. The van der Waals surface area contributed by atoms with Crippen molar-refractivity contribution in [3.8, 4) is 0 Å². The van der Waals surface area contributed by atoms with Crippen molar-refractivity contribution in [3.05, 3.63) is 46.8 Å². The lowest BCUT2D eigenvalue weighted by atomic mass is 9.77. The number of hydrogen-bond donors (Lipinski definition) is 2. The van der Waals surface area contributed by atoms with E-state index in [1.807, 2.05) is 6.20 Å². The molecule has 1 saturated carbocycles. The summed E-state index contributed by atoms with van der Waals surface area (Å²) in [5.74, 6) is 1.31. The lowest BCUT2D eigenvalue weighted by Crippen LogP contribution is -2.53. The molecule has 3 aromatic rings. The number of aromatic nitrogens is 5. The van der Waals surface area contributed by atoms with Crippen molar-refractivity contribution in [2.45, 2.75) is 37.8 Å². The number of amides is 1. The molecule has 2 fully saturated rings. The van der Waals surface area contributed by atoms with Crippen LogP contribution in [0.5, 0.6) is 0 Å². The van der Waals surface area contributed by atoms with Gasteiger partial charge >= 0.3 is 0 Å². The predicted octanol–water partition coefficient (Wildman–Crippen LogP) is 2.35. The third-order valence-corrected chi connectivity index (χ3v) is 6.99. The standard InChI is InChI=1S/C21H23ClN8O2/c22-16-8-25-28-17(16)10-29-4-3-21(12-29)18-14(6-24-20(27-18)23-5-13-1-2-13)9-30(19(21)31)15-7-26-32-11-15/h6-8,11,13H,1-5,9-10,12H2,(H,25,28)(H,23,24,27). The molecule has 3 aliphatic rings. The molecule has 1 atom stereocenters. The third kappa shape index (κ3) is 3.34. The Balaban J connectivity index is 1.35. The molecule has 1 aliphatic carbocycles. The van der Waals surface area contributed by atoms with Gasteiger partial charge in [0.25, 0.3) is 0 Å². The van der Waals surface area contributed by atoms with Crippen LogP contribution in [0.25, 0.3) is 0 Å². The van der Waals surface area contributed by atoms with Gasteiger partial charge in [-0.2, -0.15) is 5.10 Å². The average molecular weight is 455 g/mol. The molecule has 1 amide bonds. The summed E-state index contributed by atoms with van der Waals surface area (Å²) in [7, 11) is 0. The number of anilines is 2. The Morgan fingerprint density at radius 1 is 1.34 bits per heavy atom. The van der Waals surface area contributed by atoms with E-state index in [1.54, 1.807) is 17.3 Å². The molecule has 0 aromatic carbocycles. The Morgan fingerprint density at radius 3 is 3.00 bits per heavy atom. The molecular weight excluding hydrogens is 432 g/mol. The number of carbonyl (C=O) groups excluding carboxylic acids is 1. The van der Waals surface area contributed by atoms with Crippen molar-refractivity contribution in [2.75, 3.05) is 29.9 Å². The molecule has 0 radical (unpaired) electrons. The number of halogens is 1. The molecule has 1 saturated heterocycles. The van der Waals surface area contributed by atoms with Gasteiger partial charge in [0.15, 0.2) is 0 Å². The van der Waals surface area contributed by atoms with E-state index in [0.717, 1.165) is 30.0 Å². The summed E-state index contributed by atoms with van der Waals surface area (Å²) < 4.78 is 5.02. The Bertz CT molecular complexity index is 1140. The van der Waals surface area contributed by atoms with E-state index in [2.05, 4.69) is 30.6 Å². The molecule has 1 unspecified atom stereocenters. The molecule has 10 nitrogen and oxygen atoms in total. The molecule has 11 heteroatoms. The smallest absolute Gasteiger partial charge is 0.241 e. The van der Waals surface area contributed by atoms with Crippen LogP contribution in [0.4, 0.5) is 11.6 Å². The van der Waals surface area contributed by atoms with Crippen LogP contribution in [0.3, 0.4) is 0 Å². The summed E-state index contributed by atoms with van der Waals surface area (Å²) >= 11 is 6.24. The first-order chi connectivity index (χ1) is 15.6. The van der Waals surface area contributed by atoms with Crippen LogP contribution in [0, 0.1) is 5.92 Å². The molecule has 32 heavy (non-hydrogen) atoms. The normalized spacial score (nSPS) is 23.2. The second-order valence-electron chi connectivity index (χ2n) is 8.89. The van der Waals surface area contributed by atoms with Crippen LogP contribution in [-0.4, -0.2) is 55.8 Å². The van der Waals surface area contributed by atoms with Crippen LogP contribution < -0.4 is 10.2 Å². The second-order valence-corrected chi connectivity index (χ2v) is 9.30. The molecular formula is C21H23ClN8O2. The Kier molecular flexibility index (Phi) is 4.65. The highest BCUT2D eigenvalue weighted by atomic mass is 35.5. The highest BCUT2D eigenvalue weighted by molar-refractivity contribution is 6.31. The number of nitrogens with one attached hydrogen (secondary N) is 2. The summed E-state index contributed by atoms with van der Waals surface area (Å²) in [4.78, 5) is 27.3. The highest BCUT2D eigenvalue weighted by Crippen LogP contribution is 2.43. The van der Waals surface area contributed by atoms with Crippen LogP contribution in [-0.2, 0) is 23.3 Å². The first-order valence-electron chi connectivity index (χ1n) is 10.8. The van der Waals surface area contributed by atoms with Gasteiger partial charge in [-0.15, -0.1) is 0 Å². The molecule has 1 spiro atoms. The number of rotatable bonds is 6. The molecule has 3 aromatic heterocycles. The lowest BCUT2D eigenvalue weighted by Gasteiger charge is -2.39. The zero-order valence-corrected chi connectivity index (χ0v) is 18.2. The zero-order valence-electron chi connectivity index (χ0n) is 17.4. The van der Waals surface area contributed by atoms with Crippen molar-refractivity contribution in [1.29, 1.82) is 0 Å². The third-order valence-electron chi connectivity index (χ3n) is 6.67. The molecule has 2 aliphatic heterocycles. The van der Waals surface area contributed by atoms with Crippen molar-refractivity contribution in [3.63, 3.8) is 0 Å². The van der Waals surface area contributed by atoms with Gasteiger partial charge in [0.05, 0.1) is 29.2 Å². The summed E-state index contributed by atoms with van der Waals surface area (Å²) in [6.07, 6.45) is 9.74. The van der Waals surface area contributed by atoms with Crippen molar-refractivity contribution < 1.29 is 9.32 Å². The number of aromatic amines is 1. The fourth-order valence-electron chi connectivity index (χ4n) is 4.74. The van der Waals surface area contributed by atoms with E-state index < -0.39 is 5.41 Å². The molecule has 6 rings (SSSR count). The Hall–Kier alpha value is -2.98. The molecule has 5 heterocycles. The average Bonchev–Trinajstić information content (AvgIpc) is 3.15. The molecule has 166 valence electrons. The number of H-pyrrole nitrogens is 1. The van der Waals surface area contributed by atoms with Gasteiger partial charge in [-0.1, -0.05) is 16.8 Å². The van der Waals surface area contributed by atoms with Gasteiger partial charge < -0.3 is 14.7 Å². The van der Waals surface area contributed by atoms with Crippen LogP contribution in [0.1, 0.15) is 36.2 Å². The van der Waals surface area contributed by atoms with Crippen LogP contribution in [0.2, 0.25) is 5.02 Å².